The molecule has 68 heavy (non-hydrogen) atoms. The van der Waals surface area contributed by atoms with Crippen LogP contribution < -0.4 is 0 Å². The second-order valence-electron chi connectivity index (χ2n) is 17.5. The molecule has 14 aromatic rings. The van der Waals surface area contributed by atoms with E-state index in [0.29, 0.717) is 17.5 Å². The Hall–Kier alpha value is -8.77. The van der Waals surface area contributed by atoms with Crippen LogP contribution in [0.15, 0.2) is 231 Å². The van der Waals surface area contributed by atoms with Gasteiger partial charge in [-0.1, -0.05) is 182 Å². The molecule has 3 aromatic heterocycles. The first kappa shape index (κ1) is 38.5. The summed E-state index contributed by atoms with van der Waals surface area (Å²) in [6, 6.07) is 83.1. The first-order valence-electron chi connectivity index (χ1n) is 23.0. The fraction of sp³-hybridized carbons (Fsp3) is 0. The van der Waals surface area contributed by atoms with E-state index in [0.717, 1.165) is 61.1 Å². The second kappa shape index (κ2) is 15.4. The van der Waals surface area contributed by atoms with Gasteiger partial charge in [-0.3, -0.25) is 0 Å². The fourth-order valence-corrected chi connectivity index (χ4v) is 11.6. The molecule has 316 valence electrons. The van der Waals surface area contributed by atoms with Crippen molar-refractivity contribution in [2.75, 3.05) is 0 Å². The van der Waals surface area contributed by atoms with Crippen LogP contribution in [0.4, 0.5) is 0 Å². The molecule has 0 saturated heterocycles. The van der Waals surface area contributed by atoms with Gasteiger partial charge < -0.3 is 4.57 Å². The Bertz CT molecular complexity index is 4320. The van der Waals surface area contributed by atoms with Gasteiger partial charge in [0.1, 0.15) is 0 Å². The molecular formula is C63H38N4S. The number of fused-ring (bicyclic) bond motifs is 10. The fourth-order valence-electron chi connectivity index (χ4n) is 10.4. The average molecular weight is 883 g/mol. The Morgan fingerprint density at radius 1 is 0.294 bits per heavy atom. The van der Waals surface area contributed by atoms with Crippen molar-refractivity contribution in [2.24, 2.45) is 0 Å². The van der Waals surface area contributed by atoms with Gasteiger partial charge in [0, 0.05) is 58.8 Å². The lowest BCUT2D eigenvalue weighted by Gasteiger charge is -2.21. The molecule has 14 rings (SSSR count). The molecule has 0 fully saturated rings. The topological polar surface area (TPSA) is 43.6 Å². The van der Waals surface area contributed by atoms with Crippen LogP contribution in [-0.2, 0) is 0 Å². The molecule has 0 N–H and O–H groups in total. The predicted molar refractivity (Wildman–Crippen MR) is 287 cm³/mol. The summed E-state index contributed by atoms with van der Waals surface area (Å²) in [6.07, 6.45) is 0. The van der Waals surface area contributed by atoms with Crippen molar-refractivity contribution < 1.29 is 0 Å². The van der Waals surface area contributed by atoms with Gasteiger partial charge in [0.25, 0.3) is 0 Å². The SMILES string of the molecule is c1ccc(-c2nc(-c3cc(-c4ccccc4)c(-n4c5cc6ccccc6cc5c5c6ccccc6ccc54)c(-c4ccc5ccccc5c4)c3)nc(-c3cccc4sc5ccccc5c34)n2)cc1. The van der Waals surface area contributed by atoms with Gasteiger partial charge >= 0.3 is 0 Å². The summed E-state index contributed by atoms with van der Waals surface area (Å²) in [6.45, 7) is 0. The van der Waals surface area contributed by atoms with Crippen LogP contribution in [0.1, 0.15) is 0 Å². The van der Waals surface area contributed by atoms with Crippen molar-refractivity contribution >= 4 is 85.6 Å². The molecule has 0 atom stereocenters. The zero-order valence-corrected chi connectivity index (χ0v) is 37.5. The van der Waals surface area contributed by atoms with E-state index < -0.39 is 0 Å². The summed E-state index contributed by atoms with van der Waals surface area (Å²) in [7, 11) is 0. The molecule has 0 saturated carbocycles. The van der Waals surface area contributed by atoms with Crippen molar-refractivity contribution in [3.63, 3.8) is 0 Å². The molecular weight excluding hydrogens is 845 g/mol. The Morgan fingerprint density at radius 2 is 0.868 bits per heavy atom. The largest absolute Gasteiger partial charge is 0.308 e. The molecule has 0 spiro atoms. The molecule has 5 heteroatoms. The summed E-state index contributed by atoms with van der Waals surface area (Å²) in [5.74, 6) is 1.87. The quantitative estimate of drug-likeness (QED) is 0.167. The van der Waals surface area contributed by atoms with Crippen LogP contribution >= 0.6 is 11.3 Å². The van der Waals surface area contributed by atoms with E-state index in [-0.39, 0.29) is 0 Å². The first-order valence-corrected chi connectivity index (χ1v) is 23.8. The highest BCUT2D eigenvalue weighted by atomic mass is 32.1. The van der Waals surface area contributed by atoms with Crippen molar-refractivity contribution in [3.05, 3.63) is 231 Å². The molecule has 0 aliphatic heterocycles. The third-order valence-electron chi connectivity index (χ3n) is 13.6. The predicted octanol–water partition coefficient (Wildman–Crippen LogP) is 17.1. The molecule has 11 aromatic carbocycles. The zero-order valence-electron chi connectivity index (χ0n) is 36.6. The minimum absolute atomic E-state index is 0.607. The van der Waals surface area contributed by atoms with Gasteiger partial charge in [-0.25, -0.2) is 15.0 Å². The molecule has 3 heterocycles. The van der Waals surface area contributed by atoms with E-state index >= 15 is 0 Å². The molecule has 0 aliphatic rings. The van der Waals surface area contributed by atoms with Gasteiger partial charge in [-0.2, -0.15) is 0 Å². The van der Waals surface area contributed by atoms with E-state index in [4.69, 9.17) is 15.0 Å². The molecule has 0 aliphatic carbocycles. The summed E-state index contributed by atoms with van der Waals surface area (Å²) < 4.78 is 4.96. The van der Waals surface area contributed by atoms with Gasteiger partial charge in [-0.05, 0) is 92.0 Å². The van der Waals surface area contributed by atoms with Crippen LogP contribution in [0.3, 0.4) is 0 Å². The maximum atomic E-state index is 5.49. The van der Waals surface area contributed by atoms with Gasteiger partial charge in [0.2, 0.25) is 0 Å². The Morgan fingerprint density at radius 3 is 1.65 bits per heavy atom. The highest BCUT2D eigenvalue weighted by Gasteiger charge is 2.25. The third-order valence-corrected chi connectivity index (χ3v) is 14.7. The van der Waals surface area contributed by atoms with E-state index in [1.54, 1.807) is 11.3 Å². The van der Waals surface area contributed by atoms with Crippen molar-refractivity contribution in [3.8, 4) is 62.1 Å². The summed E-state index contributed by atoms with van der Waals surface area (Å²) in [5.41, 5.74) is 10.5. The number of hydrogen-bond donors (Lipinski definition) is 0. The van der Waals surface area contributed by atoms with E-state index in [9.17, 15) is 0 Å². The third kappa shape index (κ3) is 6.17. The van der Waals surface area contributed by atoms with E-state index in [2.05, 4.69) is 217 Å². The summed E-state index contributed by atoms with van der Waals surface area (Å²) in [4.78, 5) is 16.2. The number of aromatic nitrogens is 4. The van der Waals surface area contributed by atoms with Crippen molar-refractivity contribution in [2.45, 2.75) is 0 Å². The lowest BCUT2D eigenvalue weighted by Crippen LogP contribution is -2.04. The minimum atomic E-state index is 0.607. The van der Waals surface area contributed by atoms with Crippen LogP contribution in [0.5, 0.6) is 0 Å². The highest BCUT2D eigenvalue weighted by molar-refractivity contribution is 7.25. The molecule has 4 nitrogen and oxygen atoms in total. The van der Waals surface area contributed by atoms with Crippen LogP contribution in [0, 0.1) is 0 Å². The van der Waals surface area contributed by atoms with Crippen molar-refractivity contribution in [1.82, 2.24) is 19.5 Å². The van der Waals surface area contributed by atoms with E-state index in [1.807, 2.05) is 18.2 Å². The Labute approximate surface area is 395 Å². The molecule has 0 bridgehead atoms. The number of thiophene rings is 1. The molecule has 0 unspecified atom stereocenters. The standard InChI is InChI=1S/C63H38N4S/c1-3-17-40(18-4-1)51-36-47(62-64-61(42-20-5-2-6-21-42)65-63(66-62)50-27-15-29-57-59(50)49-26-13-14-28-56(49)68-57)37-52(46-31-30-39-16-7-8-22-43(39)34-46)60(51)67-54-33-32-41-19-11-12-25-48(41)58(54)53-35-44-23-9-10-24-45(44)38-55(53)67/h1-38H. The number of nitrogens with zero attached hydrogens (tertiary/aromatic N) is 4. The van der Waals surface area contributed by atoms with Crippen LogP contribution in [-0.4, -0.2) is 19.5 Å². The number of hydrogen-bond acceptors (Lipinski definition) is 4. The lowest BCUT2D eigenvalue weighted by molar-refractivity contribution is 1.08. The number of rotatable bonds is 6. The van der Waals surface area contributed by atoms with Crippen molar-refractivity contribution in [1.29, 1.82) is 0 Å². The monoisotopic (exact) mass is 882 g/mol. The summed E-state index contributed by atoms with van der Waals surface area (Å²) >= 11 is 1.80. The Kier molecular flexibility index (Phi) is 8.73. The number of benzene rings is 11. The van der Waals surface area contributed by atoms with E-state index in [1.165, 1.54) is 57.9 Å². The average Bonchev–Trinajstić information content (AvgIpc) is 3.95. The lowest BCUT2D eigenvalue weighted by atomic mass is 9.91. The van der Waals surface area contributed by atoms with Crippen LogP contribution in [0.25, 0.3) is 136 Å². The smallest absolute Gasteiger partial charge is 0.164 e. The van der Waals surface area contributed by atoms with Gasteiger partial charge in [-0.15, -0.1) is 11.3 Å². The maximum absolute atomic E-state index is 5.49. The Balaban J connectivity index is 1.13. The first-order chi connectivity index (χ1) is 33.7. The maximum Gasteiger partial charge on any atom is 0.164 e. The highest BCUT2D eigenvalue weighted by Crippen LogP contribution is 2.47. The second-order valence-corrected chi connectivity index (χ2v) is 18.6. The van der Waals surface area contributed by atoms with Gasteiger partial charge in [0.15, 0.2) is 17.5 Å². The minimum Gasteiger partial charge on any atom is -0.308 e. The van der Waals surface area contributed by atoms with Gasteiger partial charge in [0.05, 0.1) is 16.7 Å². The van der Waals surface area contributed by atoms with Crippen LogP contribution in [0.2, 0.25) is 0 Å². The summed E-state index contributed by atoms with van der Waals surface area (Å²) in [5, 5.41) is 12.0. The molecule has 0 radical (unpaired) electrons. The normalized spacial score (nSPS) is 11.8. The zero-order chi connectivity index (χ0) is 44.7. The molecule has 0 amide bonds.